The number of rotatable bonds is 40. The summed E-state index contributed by atoms with van der Waals surface area (Å²) in [4.78, 5) is 78.7. The molecule has 10 saturated heterocycles. The first kappa shape index (κ1) is 114. The Hall–Kier alpha value is -5.14. The fourth-order valence-corrected chi connectivity index (χ4v) is 17.4. The van der Waals surface area contributed by atoms with Gasteiger partial charge in [0.15, 0.2) is 50.3 Å². The molecule has 4 amide bonds. The monoisotopic (exact) mass is 2010 g/mol. The summed E-state index contributed by atoms with van der Waals surface area (Å²) in [6, 6.07) is -7.83. The van der Waals surface area contributed by atoms with E-state index in [0.29, 0.717) is 0 Å². The van der Waals surface area contributed by atoms with Gasteiger partial charge in [0.2, 0.25) is 23.6 Å². The highest BCUT2D eigenvalue weighted by molar-refractivity contribution is 5.78. The standard InChI is InChI=1S/C76H126N4O57/c1-5-33(95)79-35-21(91)7-75(73(115)116,134-59(35)39(97)23(93)9-81)136-63-44(102)28(14-86)124-71(54(63)112)130-57-31(17-119-68-50(108)48(106)41(99)25(11-83)122-68)128-67(38(47(57)105)78-20(4)90)133-62-43(101)27(13-85)123-70(53(62)111)129-56-30(16-88)126-69(51(109)49(56)107)120-18-32-58(46(104)37(77-19(3)89)66(127-32)132-61-42(100)26(12-84)121-65(114)52(61)110)131-72-55(113)64(45(103)29(15-87)125-72)137-76(74(117)118)8-22(92)36(80-34(96)6-2)60(135-76)40(98)24(94)10-82/h21-32,35-72,81-88,91-94,97-114H,5-18H2,1-4H3,(H,77,89)(H,78,90)(H,79,95)(H,80,96)(H,115,116)(H,117,118). The van der Waals surface area contributed by atoms with Gasteiger partial charge in [0.05, 0.1) is 90.4 Å². The minimum Gasteiger partial charge on any atom is -0.477 e. The second-order valence-corrected chi connectivity index (χ2v) is 34.3. The van der Waals surface area contributed by atoms with Crippen LogP contribution in [0.25, 0.3) is 0 Å². The predicted molar refractivity (Wildman–Crippen MR) is 420 cm³/mol. The van der Waals surface area contributed by atoms with Crippen LogP contribution < -0.4 is 21.3 Å². The van der Waals surface area contributed by atoms with Crippen molar-refractivity contribution in [2.45, 2.75) is 371 Å². The van der Waals surface area contributed by atoms with E-state index in [1.165, 1.54) is 13.8 Å². The first-order chi connectivity index (χ1) is 64.6. The lowest BCUT2D eigenvalue weighted by molar-refractivity contribution is -0.394. The molecule has 137 heavy (non-hydrogen) atoms. The number of nitrogens with one attached hydrogen (secondary N) is 4. The van der Waals surface area contributed by atoms with Crippen LogP contribution in [-0.2, 0) is 119 Å². The van der Waals surface area contributed by atoms with Crippen LogP contribution in [0.2, 0.25) is 0 Å². The van der Waals surface area contributed by atoms with E-state index in [-0.39, 0.29) is 12.8 Å². The molecule has 10 aliphatic heterocycles. The molecular weight excluding hydrogens is 1880 g/mol. The normalized spacial score (nSPS) is 46.5. The Kier molecular flexibility index (Phi) is 40.8. The van der Waals surface area contributed by atoms with Gasteiger partial charge >= 0.3 is 11.9 Å². The highest BCUT2D eigenvalue weighted by Crippen LogP contribution is 2.44. The van der Waals surface area contributed by atoms with Gasteiger partial charge in [-0.3, -0.25) is 19.2 Å². The van der Waals surface area contributed by atoms with Crippen molar-refractivity contribution in [3.8, 4) is 0 Å². The number of carboxylic acids is 2. The van der Waals surface area contributed by atoms with Crippen LogP contribution in [-0.4, -0.2) is 583 Å². The van der Waals surface area contributed by atoms with Crippen LogP contribution in [0.5, 0.6) is 0 Å². The van der Waals surface area contributed by atoms with Crippen molar-refractivity contribution >= 4 is 35.6 Å². The maximum Gasteiger partial charge on any atom is 0.364 e. The first-order valence-corrected chi connectivity index (χ1v) is 43.5. The third-order valence-corrected chi connectivity index (χ3v) is 25.0. The number of aliphatic carboxylic acids is 2. The Morgan fingerprint density at radius 3 is 0.964 bits per heavy atom. The molecule has 792 valence electrons. The number of carbonyl (C=O) groups is 6. The summed E-state index contributed by atoms with van der Waals surface area (Å²) in [6.07, 6.45) is -108. The smallest absolute Gasteiger partial charge is 0.364 e. The maximum atomic E-state index is 13.5. The van der Waals surface area contributed by atoms with Gasteiger partial charge in [-0.1, -0.05) is 13.8 Å². The number of amides is 4. The van der Waals surface area contributed by atoms with Crippen molar-refractivity contribution in [1.29, 1.82) is 0 Å². The predicted octanol–water partition coefficient (Wildman–Crippen LogP) is -23.0. The summed E-state index contributed by atoms with van der Waals surface area (Å²) in [5.74, 6) is -14.9. The largest absolute Gasteiger partial charge is 0.477 e. The zero-order chi connectivity index (χ0) is 101. The molecule has 52 unspecified atom stereocenters. The Labute approximate surface area is 774 Å². The lowest BCUT2D eigenvalue weighted by Gasteiger charge is -2.51. The van der Waals surface area contributed by atoms with Crippen molar-refractivity contribution < 1.29 is 282 Å². The zero-order valence-electron chi connectivity index (χ0n) is 73.3. The van der Waals surface area contributed by atoms with Crippen LogP contribution in [0.3, 0.4) is 0 Å². The van der Waals surface area contributed by atoms with Crippen LogP contribution in [0.15, 0.2) is 0 Å². The Balaban J connectivity index is 0.925. The van der Waals surface area contributed by atoms with Gasteiger partial charge in [-0.25, -0.2) is 9.59 Å². The zero-order valence-corrected chi connectivity index (χ0v) is 73.3. The third kappa shape index (κ3) is 25.0. The van der Waals surface area contributed by atoms with Crippen LogP contribution >= 0.6 is 0 Å². The summed E-state index contributed by atoms with van der Waals surface area (Å²) >= 11 is 0. The molecule has 61 heteroatoms. The van der Waals surface area contributed by atoms with Gasteiger partial charge in [-0.15, -0.1) is 0 Å². The number of aliphatic hydroxyl groups excluding tert-OH is 30. The maximum absolute atomic E-state index is 13.5. The van der Waals surface area contributed by atoms with E-state index >= 15 is 0 Å². The number of hydrogen-bond donors (Lipinski definition) is 36. The van der Waals surface area contributed by atoms with E-state index < -0.39 is 432 Å². The van der Waals surface area contributed by atoms with Crippen molar-refractivity contribution in [2.24, 2.45) is 0 Å². The lowest BCUT2D eigenvalue weighted by atomic mass is 9.88. The molecule has 10 aliphatic rings. The molecule has 52 atom stereocenters. The number of carboxylic acid groups (broad SMARTS) is 2. The summed E-state index contributed by atoms with van der Waals surface area (Å²) < 4.78 is 111. The van der Waals surface area contributed by atoms with E-state index in [1.807, 2.05) is 0 Å². The fraction of sp³-hybridized carbons (Fsp3) is 0.921. The first-order valence-electron chi connectivity index (χ1n) is 43.5. The van der Waals surface area contributed by atoms with Gasteiger partial charge in [0, 0.05) is 39.5 Å². The van der Waals surface area contributed by atoms with Gasteiger partial charge in [-0.2, -0.15) is 0 Å². The average molecular weight is 2010 g/mol. The van der Waals surface area contributed by atoms with Gasteiger partial charge < -0.3 is 275 Å². The van der Waals surface area contributed by atoms with Crippen molar-refractivity contribution in [2.75, 3.05) is 66.1 Å². The Bertz CT molecular complexity index is 3830. The van der Waals surface area contributed by atoms with Crippen LogP contribution in [0.1, 0.15) is 53.4 Å². The molecule has 0 spiro atoms. The number of aliphatic hydroxyl groups is 30. The van der Waals surface area contributed by atoms with E-state index in [4.69, 9.17) is 90.0 Å². The summed E-state index contributed by atoms with van der Waals surface area (Å²) in [7, 11) is 0. The molecule has 0 aromatic carbocycles. The second kappa shape index (κ2) is 49.2. The number of carbonyl (C=O) groups excluding carboxylic acids is 4. The van der Waals surface area contributed by atoms with Crippen LogP contribution in [0.4, 0.5) is 0 Å². The Morgan fingerprint density at radius 2 is 0.620 bits per heavy atom. The van der Waals surface area contributed by atoms with E-state index in [2.05, 4.69) is 21.3 Å². The van der Waals surface area contributed by atoms with Gasteiger partial charge in [-0.05, 0) is 0 Å². The van der Waals surface area contributed by atoms with E-state index in [1.54, 1.807) is 0 Å². The van der Waals surface area contributed by atoms with Crippen LogP contribution in [0, 0.1) is 0 Å². The number of hydrogen-bond acceptors (Lipinski definition) is 55. The molecule has 0 aliphatic carbocycles. The van der Waals surface area contributed by atoms with Gasteiger partial charge in [0.1, 0.15) is 232 Å². The SMILES string of the molecule is CCC(=O)NC1C(O)CC(OC2C(O)C(CO)OC(OC3C(COC4OC(CO)C(OC5OC(CO)C(O)C(OC6OC(COC7OC(CO)C(O)C(O)C7O)C(OC7OC(CO)C(O)C(OC8(C(=O)O)CC(O)C(NC(=O)CC)C(C(O)C(O)CO)O8)C7O)C(O)C6NC(C)=O)C5O)C(O)C4O)OC(OC4C(O)C(O)OC(CO)C4O)C(NC(C)=O)C3O)C2O)(C(=O)O)OC1C(O)C(O)CO. The molecule has 0 aromatic rings. The number of ether oxygens (including phenoxy) is 19. The minimum absolute atomic E-state index is 0.275. The molecule has 61 nitrogen and oxygen atoms in total. The third-order valence-electron chi connectivity index (χ3n) is 25.0. The molecule has 0 bridgehead atoms. The molecule has 10 fully saturated rings. The quantitative estimate of drug-likeness (QED) is 0.0271. The molecule has 36 N–H and O–H groups in total. The topological polar surface area (TPSA) is 973 Å². The van der Waals surface area contributed by atoms with Crippen molar-refractivity contribution in [3.05, 3.63) is 0 Å². The lowest BCUT2D eigenvalue weighted by Crippen LogP contribution is -2.71. The van der Waals surface area contributed by atoms with E-state index in [9.17, 15) is 192 Å². The Morgan fingerprint density at radius 1 is 0.321 bits per heavy atom. The molecule has 0 aromatic heterocycles. The summed E-state index contributed by atoms with van der Waals surface area (Å²) in [6.45, 7) is -7.78. The molecule has 10 rings (SSSR count). The molecule has 0 saturated carbocycles. The molecule has 10 heterocycles. The van der Waals surface area contributed by atoms with Gasteiger partial charge in [0.25, 0.3) is 11.6 Å². The second-order valence-electron chi connectivity index (χ2n) is 34.3. The fourth-order valence-electron chi connectivity index (χ4n) is 17.4. The van der Waals surface area contributed by atoms with Crippen molar-refractivity contribution in [1.82, 2.24) is 21.3 Å². The molecular formula is C76H126N4O57. The summed E-state index contributed by atoms with van der Waals surface area (Å²) in [5.41, 5.74) is 0. The highest BCUT2D eigenvalue weighted by atomic mass is 16.8. The summed E-state index contributed by atoms with van der Waals surface area (Å²) in [5, 5.41) is 367. The average Bonchev–Trinajstić information content (AvgIpc) is 0.747. The van der Waals surface area contributed by atoms with Crippen molar-refractivity contribution in [3.63, 3.8) is 0 Å². The highest BCUT2D eigenvalue weighted by Gasteiger charge is 2.66. The van der Waals surface area contributed by atoms with E-state index in [0.717, 1.165) is 13.8 Å². The molecule has 0 radical (unpaired) electrons. The minimum atomic E-state index is -3.38.